The monoisotopic (exact) mass is 289 g/mol. The number of nitrogens with two attached hydrogens (primary N) is 1. The van der Waals surface area contributed by atoms with Gasteiger partial charge in [0.05, 0.1) is 5.56 Å². The van der Waals surface area contributed by atoms with Gasteiger partial charge in [-0.3, -0.25) is 4.79 Å². The third-order valence-electron chi connectivity index (χ3n) is 4.24. The molecule has 116 valence electrons. The molecule has 1 aliphatic rings. The van der Waals surface area contributed by atoms with Gasteiger partial charge in [0.1, 0.15) is 0 Å². The van der Waals surface area contributed by atoms with Crippen molar-refractivity contribution in [2.75, 3.05) is 25.1 Å². The molecule has 0 heterocycles. The maximum absolute atomic E-state index is 12.3. The van der Waals surface area contributed by atoms with Crippen LogP contribution < -0.4 is 11.1 Å². The number of rotatable bonds is 3. The van der Waals surface area contributed by atoms with Crippen LogP contribution in [0.25, 0.3) is 0 Å². The molecule has 2 rings (SSSR count). The molecule has 0 aliphatic heterocycles. The average molecular weight is 289 g/mol. The Morgan fingerprint density at radius 3 is 2.71 bits per heavy atom. The maximum atomic E-state index is 12.3. The van der Waals surface area contributed by atoms with Gasteiger partial charge in [-0.2, -0.15) is 0 Å². The lowest BCUT2D eigenvalue weighted by atomic mass is 9.75. The van der Waals surface area contributed by atoms with Crippen LogP contribution in [0.4, 0.5) is 11.4 Å². The first-order valence-electron chi connectivity index (χ1n) is 7.66. The van der Waals surface area contributed by atoms with E-state index in [1.165, 1.54) is 12.8 Å². The number of benzene rings is 1. The molecule has 0 spiro atoms. The quantitative estimate of drug-likeness (QED) is 0.839. The van der Waals surface area contributed by atoms with Crippen molar-refractivity contribution in [3.63, 3.8) is 0 Å². The Balaban J connectivity index is 2.22. The minimum absolute atomic E-state index is 0.00701. The molecule has 1 unspecified atom stereocenters. The predicted molar refractivity (Wildman–Crippen MR) is 88.5 cm³/mol. The van der Waals surface area contributed by atoms with Gasteiger partial charge < -0.3 is 16.0 Å². The summed E-state index contributed by atoms with van der Waals surface area (Å²) < 4.78 is 0. The van der Waals surface area contributed by atoms with E-state index < -0.39 is 0 Å². The maximum Gasteiger partial charge on any atom is 0.255 e. The van der Waals surface area contributed by atoms with E-state index >= 15 is 0 Å². The summed E-state index contributed by atoms with van der Waals surface area (Å²) in [5.74, 6) is 0.00701. The number of hydrogen-bond acceptors (Lipinski definition) is 3. The Bertz CT molecular complexity index is 523. The van der Waals surface area contributed by atoms with Gasteiger partial charge in [-0.1, -0.05) is 20.3 Å². The van der Waals surface area contributed by atoms with Crippen LogP contribution in [0.3, 0.4) is 0 Å². The fourth-order valence-electron chi connectivity index (χ4n) is 3.15. The Labute approximate surface area is 127 Å². The van der Waals surface area contributed by atoms with Gasteiger partial charge in [-0.15, -0.1) is 0 Å². The van der Waals surface area contributed by atoms with Crippen molar-refractivity contribution in [1.29, 1.82) is 0 Å². The number of nitrogen functional groups attached to an aromatic ring is 1. The molecule has 4 heteroatoms. The lowest BCUT2D eigenvalue weighted by Gasteiger charge is -2.36. The van der Waals surface area contributed by atoms with Gasteiger partial charge in [-0.25, -0.2) is 0 Å². The van der Waals surface area contributed by atoms with Crippen LogP contribution in [-0.4, -0.2) is 30.9 Å². The first-order chi connectivity index (χ1) is 9.78. The summed E-state index contributed by atoms with van der Waals surface area (Å²) in [7, 11) is 3.54. The molecule has 3 N–H and O–H groups in total. The minimum Gasteiger partial charge on any atom is -0.399 e. The van der Waals surface area contributed by atoms with Crippen LogP contribution in [0.5, 0.6) is 0 Å². The number of amides is 1. The summed E-state index contributed by atoms with van der Waals surface area (Å²) in [6, 6.07) is 5.88. The lowest BCUT2D eigenvalue weighted by Crippen LogP contribution is -2.33. The van der Waals surface area contributed by atoms with Gasteiger partial charge in [0.2, 0.25) is 0 Å². The smallest absolute Gasteiger partial charge is 0.255 e. The fraction of sp³-hybridized carbons (Fsp3) is 0.588. The number of nitrogens with one attached hydrogen (secondary N) is 1. The zero-order valence-electron chi connectivity index (χ0n) is 13.6. The second-order valence-corrected chi connectivity index (χ2v) is 7.11. The molecule has 1 atom stereocenters. The van der Waals surface area contributed by atoms with Crippen LogP contribution in [-0.2, 0) is 0 Å². The van der Waals surface area contributed by atoms with Gasteiger partial charge in [0.25, 0.3) is 5.91 Å². The largest absolute Gasteiger partial charge is 0.399 e. The number of carbonyl (C=O) groups is 1. The topological polar surface area (TPSA) is 58.4 Å². The third kappa shape index (κ3) is 3.90. The summed E-state index contributed by atoms with van der Waals surface area (Å²) in [5.41, 5.74) is 8.49. The van der Waals surface area contributed by atoms with Crippen LogP contribution in [0.15, 0.2) is 18.2 Å². The van der Waals surface area contributed by atoms with Crippen molar-refractivity contribution in [3.05, 3.63) is 23.8 Å². The Morgan fingerprint density at radius 1 is 1.38 bits per heavy atom. The lowest BCUT2D eigenvalue weighted by molar-refractivity contribution is 0.0828. The van der Waals surface area contributed by atoms with E-state index in [-0.39, 0.29) is 5.91 Å². The molecule has 4 nitrogen and oxygen atoms in total. The highest BCUT2D eigenvalue weighted by Gasteiger charge is 2.28. The zero-order chi connectivity index (χ0) is 15.6. The molecule has 1 amide bonds. The van der Waals surface area contributed by atoms with E-state index in [4.69, 9.17) is 5.73 Å². The van der Waals surface area contributed by atoms with Gasteiger partial charge in [-0.05, 0) is 42.9 Å². The summed E-state index contributed by atoms with van der Waals surface area (Å²) in [6.07, 6.45) is 4.76. The molecule has 1 aromatic carbocycles. The molecular weight excluding hydrogens is 262 g/mol. The molecule has 0 aromatic heterocycles. The molecule has 1 fully saturated rings. The molecule has 21 heavy (non-hydrogen) atoms. The number of hydrogen-bond donors (Lipinski definition) is 2. The van der Waals surface area contributed by atoms with E-state index in [0.29, 0.717) is 22.7 Å². The molecule has 0 bridgehead atoms. The Morgan fingerprint density at radius 2 is 2.10 bits per heavy atom. The van der Waals surface area contributed by atoms with E-state index in [0.717, 1.165) is 18.5 Å². The molecular formula is C17H27N3O. The fourth-order valence-corrected chi connectivity index (χ4v) is 3.15. The average Bonchev–Trinajstić information content (AvgIpc) is 2.37. The first-order valence-corrected chi connectivity index (χ1v) is 7.66. The second kappa shape index (κ2) is 5.96. The van der Waals surface area contributed by atoms with Gasteiger partial charge in [0.15, 0.2) is 0 Å². The summed E-state index contributed by atoms with van der Waals surface area (Å²) in [5, 5.41) is 3.55. The van der Waals surface area contributed by atoms with Crippen molar-refractivity contribution in [2.24, 2.45) is 5.41 Å². The van der Waals surface area contributed by atoms with Crippen LogP contribution >= 0.6 is 0 Å². The molecule has 1 aliphatic carbocycles. The molecule has 1 saturated carbocycles. The first kappa shape index (κ1) is 15.7. The van der Waals surface area contributed by atoms with Crippen molar-refractivity contribution in [1.82, 2.24) is 4.90 Å². The summed E-state index contributed by atoms with van der Waals surface area (Å²) in [4.78, 5) is 13.9. The standard InChI is InChI=1S/C17H27N3O/c1-17(2)9-5-6-13(11-17)19-15-10-12(18)7-8-14(15)16(21)20(3)4/h7-8,10,13,19H,5-6,9,11,18H2,1-4H3. The Kier molecular flexibility index (Phi) is 4.45. The minimum atomic E-state index is 0.00701. The highest BCUT2D eigenvalue weighted by Crippen LogP contribution is 2.37. The van der Waals surface area contributed by atoms with Crippen molar-refractivity contribution >= 4 is 17.3 Å². The second-order valence-electron chi connectivity index (χ2n) is 7.11. The van der Waals surface area contributed by atoms with Crippen LogP contribution in [0.1, 0.15) is 49.9 Å². The van der Waals surface area contributed by atoms with Crippen LogP contribution in [0, 0.1) is 5.41 Å². The van der Waals surface area contributed by atoms with Crippen molar-refractivity contribution < 1.29 is 4.79 Å². The Hall–Kier alpha value is -1.71. The van der Waals surface area contributed by atoms with E-state index in [1.807, 2.05) is 12.1 Å². The number of anilines is 2. The van der Waals surface area contributed by atoms with Crippen molar-refractivity contribution in [2.45, 2.75) is 45.6 Å². The summed E-state index contributed by atoms with van der Waals surface area (Å²) >= 11 is 0. The highest BCUT2D eigenvalue weighted by molar-refractivity contribution is 6.00. The van der Waals surface area contributed by atoms with E-state index in [1.54, 1.807) is 25.1 Å². The van der Waals surface area contributed by atoms with Gasteiger partial charge >= 0.3 is 0 Å². The zero-order valence-corrected chi connectivity index (χ0v) is 13.6. The normalized spacial score (nSPS) is 20.9. The van der Waals surface area contributed by atoms with E-state index in [2.05, 4.69) is 19.2 Å². The highest BCUT2D eigenvalue weighted by atomic mass is 16.2. The number of nitrogens with zero attached hydrogens (tertiary/aromatic N) is 1. The molecule has 1 aromatic rings. The third-order valence-corrected chi connectivity index (χ3v) is 4.24. The van der Waals surface area contributed by atoms with E-state index in [9.17, 15) is 4.79 Å². The molecule has 0 radical (unpaired) electrons. The number of carbonyl (C=O) groups excluding carboxylic acids is 1. The molecule has 0 saturated heterocycles. The summed E-state index contributed by atoms with van der Waals surface area (Å²) in [6.45, 7) is 4.62. The van der Waals surface area contributed by atoms with Crippen molar-refractivity contribution in [3.8, 4) is 0 Å². The predicted octanol–water partition coefficient (Wildman–Crippen LogP) is 3.35. The van der Waals surface area contributed by atoms with Gasteiger partial charge in [0, 0.05) is 31.5 Å². The SMILES string of the molecule is CN(C)C(=O)c1ccc(N)cc1NC1CCCC(C)(C)C1. The van der Waals surface area contributed by atoms with Crippen LogP contribution in [0.2, 0.25) is 0 Å².